The molecule has 1 N–H and O–H groups in total. The van der Waals surface area contributed by atoms with Gasteiger partial charge in [-0.2, -0.15) is 4.31 Å². The number of hydrogen-bond donors (Lipinski definition) is 1. The number of sulfonamides is 1. The van der Waals surface area contributed by atoms with Crippen molar-refractivity contribution in [1.82, 2.24) is 19.2 Å². The molecule has 0 saturated carbocycles. The lowest BCUT2D eigenvalue weighted by Gasteiger charge is -2.35. The molecule has 9 nitrogen and oxygen atoms in total. The van der Waals surface area contributed by atoms with Gasteiger partial charge in [-0.1, -0.05) is 0 Å². The van der Waals surface area contributed by atoms with Crippen molar-refractivity contribution >= 4 is 27.6 Å². The summed E-state index contributed by atoms with van der Waals surface area (Å²) in [6.07, 6.45) is 6.36. The molecule has 3 rings (SSSR count). The van der Waals surface area contributed by atoms with Crippen molar-refractivity contribution in [2.45, 2.75) is 32.6 Å². The number of carbonyl (C=O) groups is 1. The van der Waals surface area contributed by atoms with Gasteiger partial charge in [-0.3, -0.25) is 4.79 Å². The first-order valence-corrected chi connectivity index (χ1v) is 12.3. The number of hydrogen-bond acceptors (Lipinski definition) is 7. The Morgan fingerprint density at radius 3 is 2.45 bits per heavy atom. The van der Waals surface area contributed by atoms with Crippen molar-refractivity contribution in [2.75, 3.05) is 62.3 Å². The molecule has 162 valence electrons. The van der Waals surface area contributed by atoms with Crippen LogP contribution in [0.15, 0.2) is 12.4 Å². The number of piperidine rings is 1. The standard InChI is InChI=1S/C19H32N6O3S/c1-3-20-17-14-18(22-15-21-17)23-8-6-16(7-9-23)4-5-19(26)24-10-12-25(13-11-24)29(2,27)28/h14-16H,3-13H2,1-2H3,(H,20,21,22). The smallest absolute Gasteiger partial charge is 0.222 e. The van der Waals surface area contributed by atoms with E-state index in [1.54, 1.807) is 11.2 Å². The number of rotatable bonds is 7. The third-order valence-electron chi connectivity index (χ3n) is 5.78. The first kappa shape index (κ1) is 21.8. The van der Waals surface area contributed by atoms with Crippen LogP contribution in [0.4, 0.5) is 11.6 Å². The molecule has 29 heavy (non-hydrogen) atoms. The fourth-order valence-electron chi connectivity index (χ4n) is 4.00. The van der Waals surface area contributed by atoms with Crippen LogP contribution in [0.1, 0.15) is 32.6 Å². The van der Waals surface area contributed by atoms with E-state index in [-0.39, 0.29) is 5.91 Å². The summed E-state index contributed by atoms with van der Waals surface area (Å²) < 4.78 is 24.6. The maximum Gasteiger partial charge on any atom is 0.222 e. The molecular weight excluding hydrogens is 392 g/mol. The minimum Gasteiger partial charge on any atom is -0.370 e. The summed E-state index contributed by atoms with van der Waals surface area (Å²) in [5.41, 5.74) is 0. The SMILES string of the molecule is CCNc1cc(N2CCC(CCC(=O)N3CCN(S(C)(=O)=O)CC3)CC2)ncn1. The number of carbonyl (C=O) groups excluding carboxylic acids is 1. The second-order valence-electron chi connectivity index (χ2n) is 7.80. The maximum absolute atomic E-state index is 12.5. The van der Waals surface area contributed by atoms with E-state index in [1.165, 1.54) is 10.6 Å². The molecule has 2 aliphatic heterocycles. The summed E-state index contributed by atoms with van der Waals surface area (Å²) >= 11 is 0. The number of nitrogens with zero attached hydrogens (tertiary/aromatic N) is 5. The molecule has 10 heteroatoms. The molecule has 2 fully saturated rings. The largest absolute Gasteiger partial charge is 0.370 e. The van der Waals surface area contributed by atoms with Crippen LogP contribution in [-0.4, -0.2) is 85.6 Å². The number of aromatic nitrogens is 2. The van der Waals surface area contributed by atoms with Crippen LogP contribution < -0.4 is 10.2 Å². The van der Waals surface area contributed by atoms with Gasteiger partial charge in [0.1, 0.15) is 18.0 Å². The molecule has 1 aromatic rings. The summed E-state index contributed by atoms with van der Waals surface area (Å²) in [5.74, 6) is 2.49. The van der Waals surface area contributed by atoms with Gasteiger partial charge in [-0.15, -0.1) is 0 Å². The molecule has 0 spiro atoms. The molecule has 0 aliphatic carbocycles. The van der Waals surface area contributed by atoms with Gasteiger partial charge >= 0.3 is 0 Å². The Balaban J connectivity index is 1.40. The number of amides is 1. The fraction of sp³-hybridized carbons (Fsp3) is 0.737. The predicted molar refractivity (Wildman–Crippen MR) is 113 cm³/mol. The average molecular weight is 425 g/mol. The highest BCUT2D eigenvalue weighted by Crippen LogP contribution is 2.26. The Morgan fingerprint density at radius 2 is 1.83 bits per heavy atom. The van der Waals surface area contributed by atoms with E-state index in [0.717, 1.165) is 50.5 Å². The lowest BCUT2D eigenvalue weighted by atomic mass is 9.92. The van der Waals surface area contributed by atoms with Crippen molar-refractivity contribution in [3.63, 3.8) is 0 Å². The molecule has 1 aromatic heterocycles. The van der Waals surface area contributed by atoms with Crippen LogP contribution in [0.25, 0.3) is 0 Å². The van der Waals surface area contributed by atoms with Gasteiger partial charge in [-0.05, 0) is 32.1 Å². The van der Waals surface area contributed by atoms with E-state index in [4.69, 9.17) is 0 Å². The molecule has 0 unspecified atom stereocenters. The van der Waals surface area contributed by atoms with Gasteiger partial charge in [0.05, 0.1) is 6.26 Å². The number of nitrogens with one attached hydrogen (secondary N) is 1. The summed E-state index contributed by atoms with van der Waals surface area (Å²) in [6, 6.07) is 1.99. The topological polar surface area (TPSA) is 98.7 Å². The van der Waals surface area contributed by atoms with Gasteiger partial charge in [-0.25, -0.2) is 18.4 Å². The van der Waals surface area contributed by atoms with Crippen molar-refractivity contribution in [3.05, 3.63) is 12.4 Å². The zero-order valence-corrected chi connectivity index (χ0v) is 18.2. The number of anilines is 2. The van der Waals surface area contributed by atoms with Gasteiger partial charge < -0.3 is 15.1 Å². The molecule has 0 radical (unpaired) electrons. The van der Waals surface area contributed by atoms with Gasteiger partial charge in [0.15, 0.2) is 0 Å². The monoisotopic (exact) mass is 424 g/mol. The average Bonchev–Trinajstić information content (AvgIpc) is 2.72. The summed E-state index contributed by atoms with van der Waals surface area (Å²) in [5, 5.41) is 3.21. The van der Waals surface area contributed by atoms with Crippen LogP contribution in [0, 0.1) is 5.92 Å². The number of piperazine rings is 1. The van der Waals surface area contributed by atoms with Crippen molar-refractivity contribution in [2.24, 2.45) is 5.92 Å². The first-order chi connectivity index (χ1) is 13.9. The summed E-state index contributed by atoms with van der Waals surface area (Å²) in [7, 11) is -3.16. The van der Waals surface area contributed by atoms with Crippen LogP contribution in [0.2, 0.25) is 0 Å². The molecule has 3 heterocycles. The molecular formula is C19H32N6O3S. The lowest BCUT2D eigenvalue weighted by Crippen LogP contribution is -2.50. The van der Waals surface area contributed by atoms with Crippen LogP contribution >= 0.6 is 0 Å². The van der Waals surface area contributed by atoms with E-state index >= 15 is 0 Å². The second kappa shape index (κ2) is 9.71. The molecule has 1 amide bonds. The molecule has 0 aromatic carbocycles. The van der Waals surface area contributed by atoms with E-state index in [1.807, 2.05) is 13.0 Å². The minimum absolute atomic E-state index is 0.145. The van der Waals surface area contributed by atoms with Crippen molar-refractivity contribution < 1.29 is 13.2 Å². The van der Waals surface area contributed by atoms with Crippen molar-refractivity contribution in [3.8, 4) is 0 Å². The summed E-state index contributed by atoms with van der Waals surface area (Å²) in [6.45, 7) is 6.53. The van der Waals surface area contributed by atoms with Crippen LogP contribution in [0.5, 0.6) is 0 Å². The quantitative estimate of drug-likeness (QED) is 0.697. The zero-order valence-electron chi connectivity index (χ0n) is 17.4. The Bertz CT molecular complexity index is 787. The third kappa shape index (κ3) is 6.02. The highest BCUT2D eigenvalue weighted by Gasteiger charge is 2.27. The lowest BCUT2D eigenvalue weighted by molar-refractivity contribution is -0.132. The highest BCUT2D eigenvalue weighted by atomic mass is 32.2. The Labute approximate surface area is 173 Å². The highest BCUT2D eigenvalue weighted by molar-refractivity contribution is 7.88. The maximum atomic E-state index is 12.5. The zero-order chi connectivity index (χ0) is 20.9. The van der Waals surface area contributed by atoms with Gasteiger partial charge in [0.2, 0.25) is 15.9 Å². The van der Waals surface area contributed by atoms with Gasteiger partial charge in [0.25, 0.3) is 0 Å². The van der Waals surface area contributed by atoms with E-state index in [0.29, 0.717) is 38.5 Å². The third-order valence-corrected chi connectivity index (χ3v) is 7.08. The Kier molecular flexibility index (Phi) is 7.28. The molecule has 2 aliphatic rings. The van der Waals surface area contributed by atoms with Gasteiger partial charge in [0, 0.05) is 58.3 Å². The normalized spacial score (nSPS) is 19.4. The summed E-state index contributed by atoms with van der Waals surface area (Å²) in [4.78, 5) is 25.2. The van der Waals surface area contributed by atoms with Crippen molar-refractivity contribution in [1.29, 1.82) is 0 Å². The molecule has 2 saturated heterocycles. The molecule has 0 bridgehead atoms. The van der Waals surface area contributed by atoms with Crippen LogP contribution in [-0.2, 0) is 14.8 Å². The fourth-order valence-corrected chi connectivity index (χ4v) is 4.83. The predicted octanol–water partition coefficient (Wildman–Crippen LogP) is 1.01. The van der Waals surface area contributed by atoms with Crippen LogP contribution in [0.3, 0.4) is 0 Å². The second-order valence-corrected chi connectivity index (χ2v) is 9.79. The van der Waals surface area contributed by atoms with E-state index in [9.17, 15) is 13.2 Å². The van der Waals surface area contributed by atoms with E-state index in [2.05, 4.69) is 20.2 Å². The Morgan fingerprint density at radius 1 is 1.14 bits per heavy atom. The molecule has 0 atom stereocenters. The van der Waals surface area contributed by atoms with E-state index < -0.39 is 10.0 Å². The Hall–Kier alpha value is -1.94. The first-order valence-electron chi connectivity index (χ1n) is 10.4. The minimum atomic E-state index is -3.16.